The first-order chi connectivity index (χ1) is 7.44. The van der Waals surface area contributed by atoms with Crippen molar-refractivity contribution in [2.24, 2.45) is 16.9 Å². The van der Waals surface area contributed by atoms with Crippen LogP contribution < -0.4 is 5.43 Å². The zero-order valence-electron chi connectivity index (χ0n) is 10.2. The molecule has 0 heterocycles. The Morgan fingerprint density at radius 2 is 2.19 bits per heavy atom. The lowest BCUT2D eigenvalue weighted by Crippen LogP contribution is -2.30. The highest BCUT2D eigenvalue weighted by Gasteiger charge is 2.36. The lowest BCUT2D eigenvalue weighted by atomic mass is 9.99. The van der Waals surface area contributed by atoms with E-state index in [2.05, 4.69) is 10.5 Å². The highest BCUT2D eigenvalue weighted by atomic mass is 16.6. The fourth-order valence-electron chi connectivity index (χ4n) is 2.58. The molecule has 2 aliphatic rings. The molecule has 4 heteroatoms. The second kappa shape index (κ2) is 4.07. The van der Waals surface area contributed by atoms with E-state index in [0.717, 1.165) is 18.1 Å². The van der Waals surface area contributed by atoms with Gasteiger partial charge in [0.15, 0.2) is 0 Å². The summed E-state index contributed by atoms with van der Waals surface area (Å²) in [6.07, 6.45) is 4.42. The number of hydrogen-bond donors (Lipinski definition) is 1. The summed E-state index contributed by atoms with van der Waals surface area (Å²) in [5.41, 5.74) is 3.19. The first-order valence-corrected chi connectivity index (χ1v) is 5.99. The molecule has 2 unspecified atom stereocenters. The summed E-state index contributed by atoms with van der Waals surface area (Å²) in [5, 5.41) is 4.18. The molecule has 2 atom stereocenters. The Labute approximate surface area is 96.4 Å². The van der Waals surface area contributed by atoms with Crippen LogP contribution in [0.5, 0.6) is 0 Å². The van der Waals surface area contributed by atoms with Gasteiger partial charge in [0.2, 0.25) is 0 Å². The minimum atomic E-state index is -0.459. The number of fused-ring (bicyclic) bond motifs is 2. The van der Waals surface area contributed by atoms with Crippen molar-refractivity contribution < 1.29 is 9.53 Å². The predicted octanol–water partition coefficient (Wildman–Crippen LogP) is 2.69. The van der Waals surface area contributed by atoms with Gasteiger partial charge in [0, 0.05) is 5.71 Å². The van der Waals surface area contributed by atoms with E-state index < -0.39 is 11.7 Å². The van der Waals surface area contributed by atoms with E-state index in [9.17, 15) is 4.79 Å². The molecular formula is C12H20N2O2. The summed E-state index contributed by atoms with van der Waals surface area (Å²) in [4.78, 5) is 11.4. The van der Waals surface area contributed by atoms with Crippen LogP contribution >= 0.6 is 0 Å². The van der Waals surface area contributed by atoms with Crippen molar-refractivity contribution in [1.82, 2.24) is 5.43 Å². The van der Waals surface area contributed by atoms with E-state index in [1.165, 1.54) is 19.3 Å². The van der Waals surface area contributed by atoms with E-state index >= 15 is 0 Å². The fraction of sp³-hybridized carbons (Fsp3) is 0.833. The highest BCUT2D eigenvalue weighted by Crippen LogP contribution is 2.42. The van der Waals surface area contributed by atoms with Crippen molar-refractivity contribution in [3.63, 3.8) is 0 Å². The molecule has 0 spiro atoms. The number of amides is 1. The van der Waals surface area contributed by atoms with Gasteiger partial charge < -0.3 is 4.74 Å². The molecular weight excluding hydrogens is 204 g/mol. The van der Waals surface area contributed by atoms with Gasteiger partial charge in [-0.3, -0.25) is 0 Å². The van der Waals surface area contributed by atoms with E-state index in [0.29, 0.717) is 5.92 Å². The van der Waals surface area contributed by atoms with Gasteiger partial charge in [-0.25, -0.2) is 10.2 Å². The maximum atomic E-state index is 11.4. The van der Waals surface area contributed by atoms with Crippen molar-refractivity contribution >= 4 is 11.8 Å². The molecule has 1 amide bonds. The van der Waals surface area contributed by atoms with Gasteiger partial charge in [0.05, 0.1) is 0 Å². The summed E-state index contributed by atoms with van der Waals surface area (Å²) in [5.74, 6) is 1.42. The average Bonchev–Trinajstić information content (AvgIpc) is 2.72. The number of carbonyl (C=O) groups is 1. The summed E-state index contributed by atoms with van der Waals surface area (Å²) >= 11 is 0. The topological polar surface area (TPSA) is 50.7 Å². The van der Waals surface area contributed by atoms with Crippen molar-refractivity contribution in [1.29, 1.82) is 0 Å². The van der Waals surface area contributed by atoms with Gasteiger partial charge in [-0.1, -0.05) is 0 Å². The van der Waals surface area contributed by atoms with Gasteiger partial charge in [0.25, 0.3) is 0 Å². The molecule has 16 heavy (non-hydrogen) atoms. The number of rotatable bonds is 1. The Balaban J connectivity index is 1.83. The predicted molar refractivity (Wildman–Crippen MR) is 62.3 cm³/mol. The quantitative estimate of drug-likeness (QED) is 0.696. The number of hydrazone groups is 1. The van der Waals surface area contributed by atoms with Gasteiger partial charge >= 0.3 is 6.09 Å². The number of ether oxygens (including phenoxy) is 1. The van der Waals surface area contributed by atoms with Crippen LogP contribution in [-0.2, 0) is 4.74 Å². The van der Waals surface area contributed by atoms with Crippen LogP contribution in [0.15, 0.2) is 5.10 Å². The molecule has 2 saturated carbocycles. The Morgan fingerprint density at radius 3 is 2.69 bits per heavy atom. The summed E-state index contributed by atoms with van der Waals surface area (Å²) < 4.78 is 5.12. The van der Waals surface area contributed by atoms with Crippen LogP contribution in [0, 0.1) is 11.8 Å². The van der Waals surface area contributed by atoms with Gasteiger partial charge in [0.1, 0.15) is 5.60 Å². The second-order valence-corrected chi connectivity index (χ2v) is 5.80. The van der Waals surface area contributed by atoms with Crippen molar-refractivity contribution in [2.75, 3.05) is 0 Å². The summed E-state index contributed by atoms with van der Waals surface area (Å²) in [6.45, 7) is 5.53. The Hall–Kier alpha value is -1.06. The minimum Gasteiger partial charge on any atom is -0.443 e. The number of carbonyl (C=O) groups excluding carboxylic acids is 1. The first-order valence-electron chi connectivity index (χ1n) is 5.99. The zero-order chi connectivity index (χ0) is 11.8. The molecule has 2 bridgehead atoms. The first kappa shape index (κ1) is 11.4. The largest absolute Gasteiger partial charge is 0.443 e. The standard InChI is InChI=1S/C12H20N2O2/c1-12(2,3)16-11(15)14-13-10-7-8-4-5-9(10)6-8/h8-9H,4-7H2,1-3H3,(H,14,15)/b13-10+. The normalized spacial score (nSPS) is 30.8. The Kier molecular flexibility index (Phi) is 2.91. The van der Waals surface area contributed by atoms with Crippen molar-refractivity contribution in [3.8, 4) is 0 Å². The molecule has 2 aliphatic carbocycles. The van der Waals surface area contributed by atoms with Crippen molar-refractivity contribution in [2.45, 2.75) is 52.1 Å². The molecule has 2 fully saturated rings. The van der Waals surface area contributed by atoms with E-state index in [1.54, 1.807) is 0 Å². The third kappa shape index (κ3) is 2.74. The van der Waals surface area contributed by atoms with Gasteiger partial charge in [-0.2, -0.15) is 5.10 Å². The molecule has 0 aromatic heterocycles. The molecule has 1 N–H and O–H groups in total. The average molecular weight is 224 g/mol. The number of nitrogens with one attached hydrogen (secondary N) is 1. The fourth-order valence-corrected chi connectivity index (χ4v) is 2.58. The summed E-state index contributed by atoms with van der Waals surface area (Å²) in [7, 11) is 0. The van der Waals surface area contributed by atoms with Crippen LogP contribution in [0.25, 0.3) is 0 Å². The SMILES string of the molecule is CC(C)(C)OC(=O)N/N=C1\CC2CCC1C2. The molecule has 0 aliphatic heterocycles. The minimum absolute atomic E-state index is 0.456. The van der Waals surface area contributed by atoms with E-state index in [-0.39, 0.29) is 0 Å². The third-order valence-corrected chi connectivity index (χ3v) is 3.20. The van der Waals surface area contributed by atoms with E-state index in [1.807, 2.05) is 20.8 Å². The molecule has 0 radical (unpaired) electrons. The van der Waals surface area contributed by atoms with Crippen LogP contribution in [-0.4, -0.2) is 17.4 Å². The zero-order valence-corrected chi connectivity index (χ0v) is 10.2. The summed E-state index contributed by atoms with van der Waals surface area (Å²) in [6, 6.07) is 0. The number of hydrogen-bond acceptors (Lipinski definition) is 3. The lowest BCUT2D eigenvalue weighted by molar-refractivity contribution is 0.0529. The molecule has 0 aromatic carbocycles. The molecule has 2 rings (SSSR count). The number of nitrogens with zero attached hydrogens (tertiary/aromatic N) is 1. The third-order valence-electron chi connectivity index (χ3n) is 3.20. The van der Waals surface area contributed by atoms with Gasteiger partial charge in [-0.15, -0.1) is 0 Å². The van der Waals surface area contributed by atoms with Gasteiger partial charge in [-0.05, 0) is 58.3 Å². The smallest absolute Gasteiger partial charge is 0.428 e. The van der Waals surface area contributed by atoms with Crippen molar-refractivity contribution in [3.05, 3.63) is 0 Å². The molecule has 0 saturated heterocycles. The van der Waals surface area contributed by atoms with Crippen LogP contribution in [0.2, 0.25) is 0 Å². The van der Waals surface area contributed by atoms with E-state index in [4.69, 9.17) is 4.74 Å². The molecule has 0 aromatic rings. The molecule has 90 valence electrons. The van der Waals surface area contributed by atoms with Crippen LogP contribution in [0.4, 0.5) is 4.79 Å². The van der Waals surface area contributed by atoms with Crippen LogP contribution in [0.3, 0.4) is 0 Å². The highest BCUT2D eigenvalue weighted by molar-refractivity contribution is 5.90. The monoisotopic (exact) mass is 224 g/mol. The lowest BCUT2D eigenvalue weighted by Gasteiger charge is -2.19. The van der Waals surface area contributed by atoms with Crippen LogP contribution in [0.1, 0.15) is 46.5 Å². The Bertz CT molecular complexity index is 317. The maximum Gasteiger partial charge on any atom is 0.428 e. The Morgan fingerprint density at radius 1 is 1.44 bits per heavy atom. The maximum absolute atomic E-state index is 11.4. The second-order valence-electron chi connectivity index (χ2n) is 5.80. The molecule has 4 nitrogen and oxygen atoms in total.